The Morgan fingerprint density at radius 1 is 0.742 bits per heavy atom. The first-order valence-electron chi connectivity index (χ1n) is 10.3. The van der Waals surface area contributed by atoms with Crippen molar-refractivity contribution in [2.75, 3.05) is 6.61 Å². The molecule has 0 bridgehead atoms. The highest BCUT2D eigenvalue weighted by Crippen LogP contribution is 2.32. The normalized spacial score (nSPS) is 16.1. The standard InChI is InChI=1S/C26H28O5/c27-20-25(29,16-21-10-4-1-5-11-21)26(30,17-22-12-6-2-7-13-22)24(28)19-31-18-23-14-8-3-9-15-23/h1-15,20,24,28-30H,16-19H2/t24-,25-,26-/m1/s1. The minimum atomic E-state index is -2.22. The third-order valence-electron chi connectivity index (χ3n) is 5.52. The van der Waals surface area contributed by atoms with Crippen molar-refractivity contribution in [3.63, 3.8) is 0 Å². The molecule has 5 nitrogen and oxygen atoms in total. The molecule has 0 aliphatic rings. The second kappa shape index (κ2) is 10.5. The van der Waals surface area contributed by atoms with Crippen molar-refractivity contribution in [2.45, 2.75) is 36.8 Å². The minimum absolute atomic E-state index is 0.119. The van der Waals surface area contributed by atoms with E-state index in [1.165, 1.54) is 0 Å². The quantitative estimate of drug-likeness (QED) is 0.415. The number of ether oxygens (including phenoxy) is 1. The third-order valence-corrected chi connectivity index (χ3v) is 5.52. The van der Waals surface area contributed by atoms with Crippen LogP contribution in [-0.2, 0) is 29.0 Å². The first-order chi connectivity index (χ1) is 15.0. The van der Waals surface area contributed by atoms with E-state index in [1.54, 1.807) is 48.5 Å². The fourth-order valence-corrected chi connectivity index (χ4v) is 3.67. The van der Waals surface area contributed by atoms with E-state index in [2.05, 4.69) is 0 Å². The minimum Gasteiger partial charge on any atom is -0.388 e. The summed E-state index contributed by atoms with van der Waals surface area (Å²) in [5.74, 6) is 0. The van der Waals surface area contributed by atoms with Crippen LogP contribution in [0.4, 0.5) is 0 Å². The van der Waals surface area contributed by atoms with Gasteiger partial charge in [0.1, 0.15) is 11.7 Å². The number of carbonyl (C=O) groups excluding carboxylic acids is 1. The summed E-state index contributed by atoms with van der Waals surface area (Å²) >= 11 is 0. The van der Waals surface area contributed by atoms with Gasteiger partial charge in [0.15, 0.2) is 11.9 Å². The van der Waals surface area contributed by atoms with Gasteiger partial charge in [-0.3, -0.25) is 0 Å². The molecule has 0 saturated heterocycles. The molecular formula is C26H28O5. The molecule has 3 rings (SSSR count). The second-order valence-electron chi connectivity index (χ2n) is 7.81. The van der Waals surface area contributed by atoms with Crippen molar-refractivity contribution in [3.8, 4) is 0 Å². The van der Waals surface area contributed by atoms with Gasteiger partial charge in [-0.25, -0.2) is 0 Å². The number of hydrogen-bond donors (Lipinski definition) is 3. The number of aldehydes is 1. The lowest BCUT2D eigenvalue weighted by molar-refractivity contribution is -0.205. The van der Waals surface area contributed by atoms with Gasteiger partial charge in [-0.2, -0.15) is 0 Å². The van der Waals surface area contributed by atoms with Crippen molar-refractivity contribution < 1.29 is 24.9 Å². The molecule has 0 amide bonds. The van der Waals surface area contributed by atoms with E-state index in [-0.39, 0.29) is 26.1 Å². The van der Waals surface area contributed by atoms with Gasteiger partial charge in [-0.15, -0.1) is 0 Å². The van der Waals surface area contributed by atoms with Crippen LogP contribution in [0.25, 0.3) is 0 Å². The Morgan fingerprint density at radius 2 is 1.19 bits per heavy atom. The van der Waals surface area contributed by atoms with Gasteiger partial charge in [-0.05, 0) is 16.7 Å². The highest BCUT2D eigenvalue weighted by atomic mass is 16.5. The molecule has 0 heterocycles. The first-order valence-corrected chi connectivity index (χ1v) is 10.3. The van der Waals surface area contributed by atoms with Gasteiger partial charge < -0.3 is 24.9 Å². The summed E-state index contributed by atoms with van der Waals surface area (Å²) in [6, 6.07) is 27.3. The number of carbonyl (C=O) groups is 1. The largest absolute Gasteiger partial charge is 0.388 e. The van der Waals surface area contributed by atoms with Gasteiger partial charge in [0.25, 0.3) is 0 Å². The number of hydrogen-bond acceptors (Lipinski definition) is 5. The topological polar surface area (TPSA) is 87.0 Å². The lowest BCUT2D eigenvalue weighted by atomic mass is 9.72. The maximum Gasteiger partial charge on any atom is 0.155 e. The lowest BCUT2D eigenvalue weighted by Crippen LogP contribution is -2.65. The molecule has 5 heteroatoms. The monoisotopic (exact) mass is 420 g/mol. The van der Waals surface area contributed by atoms with Crippen LogP contribution in [0.1, 0.15) is 16.7 Å². The van der Waals surface area contributed by atoms with Crippen molar-refractivity contribution in [1.82, 2.24) is 0 Å². The van der Waals surface area contributed by atoms with Crippen LogP contribution in [0.3, 0.4) is 0 Å². The maximum absolute atomic E-state index is 12.1. The molecule has 0 fully saturated rings. The summed E-state index contributed by atoms with van der Waals surface area (Å²) in [6.07, 6.45) is -1.44. The van der Waals surface area contributed by atoms with E-state index in [0.29, 0.717) is 17.4 Å². The summed E-state index contributed by atoms with van der Waals surface area (Å²) in [5, 5.41) is 33.9. The zero-order chi connectivity index (χ0) is 22.2. The number of benzene rings is 3. The van der Waals surface area contributed by atoms with Crippen molar-refractivity contribution in [1.29, 1.82) is 0 Å². The van der Waals surface area contributed by atoms with Crippen molar-refractivity contribution >= 4 is 6.29 Å². The van der Waals surface area contributed by atoms with E-state index in [1.807, 2.05) is 42.5 Å². The molecule has 31 heavy (non-hydrogen) atoms. The summed E-state index contributed by atoms with van der Waals surface area (Å²) in [6.45, 7) is -0.0132. The van der Waals surface area contributed by atoms with Crippen LogP contribution >= 0.6 is 0 Å². The number of aliphatic hydroxyl groups excluding tert-OH is 1. The molecule has 0 saturated carbocycles. The second-order valence-corrected chi connectivity index (χ2v) is 7.81. The average molecular weight is 421 g/mol. The number of rotatable bonds is 11. The molecule has 3 atom stereocenters. The third kappa shape index (κ3) is 5.66. The fourth-order valence-electron chi connectivity index (χ4n) is 3.67. The Labute approximate surface area is 182 Å². The number of aliphatic hydroxyl groups is 3. The predicted molar refractivity (Wildman–Crippen MR) is 118 cm³/mol. The van der Waals surface area contributed by atoms with Crippen molar-refractivity contribution in [2.24, 2.45) is 0 Å². The average Bonchev–Trinajstić information content (AvgIpc) is 2.80. The van der Waals surface area contributed by atoms with E-state index in [0.717, 1.165) is 5.56 Å². The van der Waals surface area contributed by atoms with Crippen LogP contribution in [0.2, 0.25) is 0 Å². The van der Waals surface area contributed by atoms with E-state index in [4.69, 9.17) is 4.74 Å². The summed E-state index contributed by atoms with van der Waals surface area (Å²) in [5.41, 5.74) is -2.12. The highest BCUT2D eigenvalue weighted by Gasteiger charge is 2.54. The molecule has 0 unspecified atom stereocenters. The lowest BCUT2D eigenvalue weighted by Gasteiger charge is -2.43. The molecule has 162 valence electrons. The van der Waals surface area contributed by atoms with Gasteiger partial charge in [0.2, 0.25) is 0 Å². The summed E-state index contributed by atoms with van der Waals surface area (Å²) in [4.78, 5) is 12.1. The van der Waals surface area contributed by atoms with Gasteiger partial charge in [-0.1, -0.05) is 91.0 Å². The van der Waals surface area contributed by atoms with E-state index >= 15 is 0 Å². The maximum atomic E-state index is 12.1. The van der Waals surface area contributed by atoms with E-state index in [9.17, 15) is 20.1 Å². The molecule has 3 aromatic rings. The zero-order valence-corrected chi connectivity index (χ0v) is 17.3. The molecular weight excluding hydrogens is 392 g/mol. The Bertz CT molecular complexity index is 932. The van der Waals surface area contributed by atoms with Crippen LogP contribution < -0.4 is 0 Å². The molecule has 0 aliphatic heterocycles. The van der Waals surface area contributed by atoms with Crippen LogP contribution in [0.5, 0.6) is 0 Å². The van der Waals surface area contributed by atoms with Crippen LogP contribution in [0, 0.1) is 0 Å². The van der Waals surface area contributed by atoms with E-state index < -0.39 is 17.3 Å². The summed E-state index contributed by atoms with van der Waals surface area (Å²) < 4.78 is 5.62. The molecule has 0 radical (unpaired) electrons. The summed E-state index contributed by atoms with van der Waals surface area (Å²) in [7, 11) is 0. The zero-order valence-electron chi connectivity index (χ0n) is 17.3. The van der Waals surface area contributed by atoms with Crippen molar-refractivity contribution in [3.05, 3.63) is 108 Å². The van der Waals surface area contributed by atoms with Gasteiger partial charge in [0, 0.05) is 12.8 Å². The highest BCUT2D eigenvalue weighted by molar-refractivity contribution is 5.66. The molecule has 0 spiro atoms. The van der Waals surface area contributed by atoms with Crippen LogP contribution in [-0.4, -0.2) is 45.5 Å². The molecule has 0 aliphatic carbocycles. The van der Waals surface area contributed by atoms with Gasteiger partial charge in [0.05, 0.1) is 13.2 Å². The Hall–Kier alpha value is -2.83. The van der Waals surface area contributed by atoms with Crippen LogP contribution in [0.15, 0.2) is 91.0 Å². The Kier molecular flexibility index (Phi) is 7.71. The molecule has 3 aromatic carbocycles. The van der Waals surface area contributed by atoms with Gasteiger partial charge >= 0.3 is 0 Å². The Morgan fingerprint density at radius 3 is 1.68 bits per heavy atom. The SMILES string of the molecule is O=C[C@](O)(Cc1ccccc1)[C@@](O)(Cc1ccccc1)[C@H](O)COCc1ccccc1. The fraction of sp³-hybridized carbons (Fsp3) is 0.269. The first kappa shape index (κ1) is 22.8. The molecule has 3 N–H and O–H groups in total. The smallest absolute Gasteiger partial charge is 0.155 e. The predicted octanol–water partition coefficient (Wildman–Crippen LogP) is 2.71. The Balaban J connectivity index is 1.84. The molecule has 0 aromatic heterocycles.